The molecule has 1 aliphatic rings. The first kappa shape index (κ1) is 17.7. The van der Waals surface area contributed by atoms with Gasteiger partial charge in [0.2, 0.25) is 0 Å². The highest BCUT2D eigenvalue weighted by atomic mass is 32.2. The first-order valence-electron chi connectivity index (χ1n) is 9.40. The lowest BCUT2D eigenvalue weighted by molar-refractivity contribution is 0.266. The molecule has 7 heteroatoms. The van der Waals surface area contributed by atoms with Crippen molar-refractivity contribution in [3.8, 4) is 0 Å². The number of aromatic amines is 1. The number of anilines is 1. The van der Waals surface area contributed by atoms with Gasteiger partial charge in [-0.3, -0.25) is 9.62 Å². The molecule has 2 aromatic heterocycles. The van der Waals surface area contributed by atoms with Gasteiger partial charge in [-0.1, -0.05) is 25.1 Å². The van der Waals surface area contributed by atoms with Gasteiger partial charge in [0.25, 0.3) is 10.0 Å². The SMILES string of the molecule is CCN1CCc2c([nH]c3ccc(NS(=O)(=O)c4csc5ccccc45)cc23)C1. The minimum absolute atomic E-state index is 0.336. The van der Waals surface area contributed by atoms with Crippen molar-refractivity contribution in [2.75, 3.05) is 17.8 Å². The third-order valence-electron chi connectivity index (χ3n) is 5.49. The molecule has 0 amide bonds. The van der Waals surface area contributed by atoms with Gasteiger partial charge in [-0.15, -0.1) is 11.3 Å². The van der Waals surface area contributed by atoms with Crippen LogP contribution in [-0.4, -0.2) is 31.4 Å². The summed E-state index contributed by atoms with van der Waals surface area (Å²) in [6.45, 7) is 5.17. The maximum Gasteiger partial charge on any atom is 0.263 e. The molecular weight excluding hydrogens is 390 g/mol. The van der Waals surface area contributed by atoms with Gasteiger partial charge in [-0.25, -0.2) is 8.42 Å². The zero-order valence-corrected chi connectivity index (χ0v) is 17.2. The first-order chi connectivity index (χ1) is 13.5. The lowest BCUT2D eigenvalue weighted by Crippen LogP contribution is -2.29. The number of aromatic nitrogens is 1. The molecule has 0 bridgehead atoms. The second-order valence-corrected chi connectivity index (χ2v) is 9.72. The monoisotopic (exact) mass is 411 g/mol. The van der Waals surface area contributed by atoms with Crippen LogP contribution in [-0.2, 0) is 23.0 Å². The third-order valence-corrected chi connectivity index (χ3v) is 8.02. The van der Waals surface area contributed by atoms with Gasteiger partial charge in [0, 0.05) is 50.8 Å². The van der Waals surface area contributed by atoms with E-state index in [-0.39, 0.29) is 0 Å². The number of sulfonamides is 1. The van der Waals surface area contributed by atoms with Gasteiger partial charge >= 0.3 is 0 Å². The second kappa shape index (κ2) is 6.62. The Labute approximate surface area is 168 Å². The van der Waals surface area contributed by atoms with E-state index >= 15 is 0 Å². The molecule has 2 N–H and O–H groups in total. The van der Waals surface area contributed by atoms with E-state index in [4.69, 9.17) is 0 Å². The van der Waals surface area contributed by atoms with Gasteiger partial charge in [0.1, 0.15) is 4.90 Å². The minimum Gasteiger partial charge on any atom is -0.357 e. The summed E-state index contributed by atoms with van der Waals surface area (Å²) in [4.78, 5) is 6.25. The Kier molecular flexibility index (Phi) is 4.19. The van der Waals surface area contributed by atoms with Crippen LogP contribution in [0.15, 0.2) is 52.7 Å². The molecule has 1 aliphatic heterocycles. The van der Waals surface area contributed by atoms with E-state index < -0.39 is 10.0 Å². The average Bonchev–Trinajstić information content (AvgIpc) is 3.28. The minimum atomic E-state index is -3.64. The quantitative estimate of drug-likeness (QED) is 0.517. The standard InChI is InChI=1S/C21H21N3O2S2/c1-2-24-10-9-15-17-11-14(7-8-18(17)22-19(15)12-24)23-28(25,26)21-13-27-20-6-4-3-5-16(20)21/h3-8,11,13,22-23H,2,9-10,12H2,1H3. The van der Waals surface area contributed by atoms with Gasteiger partial charge < -0.3 is 4.98 Å². The van der Waals surface area contributed by atoms with E-state index in [0.29, 0.717) is 10.6 Å². The van der Waals surface area contributed by atoms with Crippen LogP contribution >= 0.6 is 11.3 Å². The molecule has 28 heavy (non-hydrogen) atoms. The Balaban J connectivity index is 1.51. The van der Waals surface area contributed by atoms with Crippen molar-refractivity contribution in [2.45, 2.75) is 24.8 Å². The molecule has 0 radical (unpaired) electrons. The fourth-order valence-electron chi connectivity index (χ4n) is 4.00. The molecule has 0 atom stereocenters. The molecular formula is C21H21N3O2S2. The summed E-state index contributed by atoms with van der Waals surface area (Å²) in [7, 11) is -3.64. The van der Waals surface area contributed by atoms with Crippen LogP contribution in [0.4, 0.5) is 5.69 Å². The molecule has 144 valence electrons. The Morgan fingerprint density at radius 1 is 1.18 bits per heavy atom. The fraction of sp³-hybridized carbons (Fsp3) is 0.238. The molecule has 0 unspecified atom stereocenters. The van der Waals surface area contributed by atoms with Crippen molar-refractivity contribution in [3.05, 3.63) is 59.1 Å². The van der Waals surface area contributed by atoms with E-state index in [0.717, 1.165) is 47.0 Å². The van der Waals surface area contributed by atoms with Crippen molar-refractivity contribution in [1.29, 1.82) is 0 Å². The molecule has 0 saturated carbocycles. The highest BCUT2D eigenvalue weighted by Gasteiger charge is 2.22. The zero-order valence-electron chi connectivity index (χ0n) is 15.5. The van der Waals surface area contributed by atoms with E-state index in [9.17, 15) is 8.42 Å². The molecule has 2 aromatic carbocycles. The zero-order chi connectivity index (χ0) is 19.3. The van der Waals surface area contributed by atoms with Crippen LogP contribution in [0.25, 0.3) is 21.0 Å². The Morgan fingerprint density at radius 2 is 2.04 bits per heavy atom. The van der Waals surface area contributed by atoms with Gasteiger partial charge in [0.05, 0.1) is 0 Å². The Bertz CT molecular complexity index is 1290. The fourth-order valence-corrected chi connectivity index (χ4v) is 6.56. The Hall–Kier alpha value is -2.35. The van der Waals surface area contributed by atoms with Gasteiger partial charge in [-0.05, 0) is 42.8 Å². The summed E-state index contributed by atoms with van der Waals surface area (Å²) in [6.07, 6.45) is 0.981. The predicted molar refractivity (Wildman–Crippen MR) is 116 cm³/mol. The number of likely N-dealkylation sites (N-methyl/N-ethyl adjacent to an activating group) is 1. The maximum absolute atomic E-state index is 13.0. The average molecular weight is 412 g/mol. The van der Waals surface area contributed by atoms with Crippen LogP contribution in [0.2, 0.25) is 0 Å². The number of H-pyrrole nitrogens is 1. The van der Waals surface area contributed by atoms with E-state index in [1.165, 1.54) is 22.6 Å². The summed E-state index contributed by atoms with van der Waals surface area (Å²) in [5.74, 6) is 0. The molecule has 5 nitrogen and oxygen atoms in total. The van der Waals surface area contributed by atoms with E-state index in [2.05, 4.69) is 21.5 Å². The molecule has 5 rings (SSSR count). The van der Waals surface area contributed by atoms with Crippen molar-refractivity contribution in [2.24, 2.45) is 0 Å². The normalized spacial score (nSPS) is 15.2. The van der Waals surface area contributed by atoms with Crippen molar-refractivity contribution in [3.63, 3.8) is 0 Å². The smallest absolute Gasteiger partial charge is 0.263 e. The highest BCUT2D eigenvalue weighted by Crippen LogP contribution is 2.33. The molecule has 0 aliphatic carbocycles. The number of nitrogens with one attached hydrogen (secondary N) is 2. The number of thiophene rings is 1. The van der Waals surface area contributed by atoms with E-state index in [1.54, 1.807) is 5.38 Å². The van der Waals surface area contributed by atoms with Crippen LogP contribution in [0.1, 0.15) is 18.2 Å². The summed E-state index contributed by atoms with van der Waals surface area (Å²) in [5.41, 5.74) is 4.21. The van der Waals surface area contributed by atoms with Crippen molar-refractivity contribution < 1.29 is 8.42 Å². The van der Waals surface area contributed by atoms with Crippen LogP contribution in [0.5, 0.6) is 0 Å². The highest BCUT2D eigenvalue weighted by molar-refractivity contribution is 7.93. The molecule has 4 aromatic rings. The van der Waals surface area contributed by atoms with Crippen LogP contribution < -0.4 is 4.72 Å². The largest absolute Gasteiger partial charge is 0.357 e. The number of hydrogen-bond acceptors (Lipinski definition) is 4. The van der Waals surface area contributed by atoms with Crippen molar-refractivity contribution >= 4 is 48.0 Å². The number of benzene rings is 2. The molecule has 0 fully saturated rings. The van der Waals surface area contributed by atoms with Gasteiger partial charge in [-0.2, -0.15) is 0 Å². The van der Waals surface area contributed by atoms with Crippen molar-refractivity contribution in [1.82, 2.24) is 9.88 Å². The van der Waals surface area contributed by atoms with Crippen LogP contribution in [0.3, 0.4) is 0 Å². The Morgan fingerprint density at radius 3 is 2.89 bits per heavy atom. The summed E-state index contributed by atoms with van der Waals surface area (Å²) in [5, 5.41) is 3.59. The summed E-state index contributed by atoms with van der Waals surface area (Å²) in [6, 6.07) is 13.3. The van der Waals surface area contributed by atoms with E-state index in [1.807, 2.05) is 42.5 Å². The lowest BCUT2D eigenvalue weighted by Gasteiger charge is -2.25. The number of fused-ring (bicyclic) bond motifs is 4. The number of nitrogens with zero attached hydrogens (tertiary/aromatic N) is 1. The molecule has 0 saturated heterocycles. The van der Waals surface area contributed by atoms with Gasteiger partial charge in [0.15, 0.2) is 0 Å². The van der Waals surface area contributed by atoms with Crippen LogP contribution in [0, 0.1) is 0 Å². The molecule has 0 spiro atoms. The number of hydrogen-bond donors (Lipinski definition) is 2. The maximum atomic E-state index is 13.0. The third kappa shape index (κ3) is 2.90. The summed E-state index contributed by atoms with van der Waals surface area (Å²) < 4.78 is 29.8. The second-order valence-electron chi connectivity index (χ2n) is 7.16. The molecule has 3 heterocycles. The predicted octanol–water partition coefficient (Wildman–Crippen LogP) is 4.56. The summed E-state index contributed by atoms with van der Waals surface area (Å²) >= 11 is 1.45. The lowest BCUT2D eigenvalue weighted by atomic mass is 10.0. The first-order valence-corrected chi connectivity index (χ1v) is 11.8. The number of rotatable bonds is 4. The topological polar surface area (TPSA) is 65.2 Å².